The van der Waals surface area contributed by atoms with Crippen molar-refractivity contribution in [3.8, 4) is 0 Å². The predicted molar refractivity (Wildman–Crippen MR) is 150 cm³/mol. The number of nitrogens with zero attached hydrogens (tertiary/aromatic N) is 2. The first-order valence-electron chi connectivity index (χ1n) is 10.9. The van der Waals surface area contributed by atoms with Gasteiger partial charge in [0.25, 0.3) is 11.8 Å². The van der Waals surface area contributed by atoms with Gasteiger partial charge in [-0.25, -0.2) is 0 Å². The number of amides is 2. The van der Waals surface area contributed by atoms with E-state index in [0.29, 0.717) is 38.4 Å². The molecule has 3 aromatic carbocycles. The lowest BCUT2D eigenvalue weighted by Gasteiger charge is -2.30. The Morgan fingerprint density at radius 1 is 0.972 bits per heavy atom. The molecule has 9 heteroatoms. The van der Waals surface area contributed by atoms with Gasteiger partial charge in [-0.15, -0.1) is 0 Å². The van der Waals surface area contributed by atoms with Crippen LogP contribution in [0.25, 0.3) is 17.0 Å². The maximum atomic E-state index is 13.6. The number of hydrogen-bond acceptors (Lipinski definition) is 3. The van der Waals surface area contributed by atoms with Gasteiger partial charge in [-0.2, -0.15) is 0 Å². The van der Waals surface area contributed by atoms with Crippen molar-refractivity contribution < 1.29 is 9.59 Å². The molecule has 1 aromatic heterocycles. The summed E-state index contributed by atoms with van der Waals surface area (Å²) in [7, 11) is 0. The number of carbonyl (C=O) groups is 2. The zero-order valence-corrected chi connectivity index (χ0v) is 22.0. The third-order valence-corrected chi connectivity index (χ3v) is 7.34. The molecule has 0 radical (unpaired) electrons. The molecule has 4 aromatic rings. The van der Waals surface area contributed by atoms with Crippen molar-refractivity contribution in [1.29, 1.82) is 0 Å². The zero-order chi connectivity index (χ0) is 25.6. The molecule has 2 heterocycles. The van der Waals surface area contributed by atoms with Crippen LogP contribution in [0.1, 0.15) is 16.7 Å². The minimum Gasteiger partial charge on any atom is -0.342 e. The van der Waals surface area contributed by atoms with Gasteiger partial charge in [-0.3, -0.25) is 19.8 Å². The van der Waals surface area contributed by atoms with Gasteiger partial charge in [-0.1, -0.05) is 65.1 Å². The lowest BCUT2D eigenvalue weighted by Crippen LogP contribution is -2.54. The second-order valence-corrected chi connectivity index (χ2v) is 9.94. The van der Waals surface area contributed by atoms with Crippen LogP contribution in [0.5, 0.6) is 0 Å². The Bertz CT molecular complexity index is 1610. The van der Waals surface area contributed by atoms with E-state index in [4.69, 9.17) is 47.0 Å². The molecule has 5 rings (SSSR count). The summed E-state index contributed by atoms with van der Waals surface area (Å²) in [5.41, 5.74) is 3.70. The normalized spacial score (nSPS) is 15.2. The van der Waals surface area contributed by atoms with E-state index in [0.717, 1.165) is 16.5 Å². The number of carbonyl (C=O) groups excluding carboxylic acids is 2. The molecule has 1 aliphatic heterocycles. The summed E-state index contributed by atoms with van der Waals surface area (Å²) in [5, 5.41) is 5.14. The Morgan fingerprint density at radius 3 is 2.53 bits per heavy atom. The largest absolute Gasteiger partial charge is 0.342 e. The van der Waals surface area contributed by atoms with Crippen LogP contribution >= 0.6 is 47.0 Å². The van der Waals surface area contributed by atoms with Crippen LogP contribution in [0.3, 0.4) is 0 Å². The average Bonchev–Trinajstić information content (AvgIpc) is 3.18. The van der Waals surface area contributed by atoms with E-state index in [2.05, 4.69) is 5.32 Å². The first-order chi connectivity index (χ1) is 17.2. The highest BCUT2D eigenvalue weighted by atomic mass is 35.5. The fraction of sp³-hybridized carbons (Fsp3) is 0.0741. The molecule has 1 N–H and O–H groups in total. The van der Waals surface area contributed by atoms with Gasteiger partial charge < -0.3 is 4.57 Å². The molecule has 1 saturated heterocycles. The molecule has 2 amide bonds. The number of anilines is 1. The second-order valence-electron chi connectivity index (χ2n) is 8.31. The molecule has 1 fully saturated rings. The van der Waals surface area contributed by atoms with Crippen LogP contribution in [0.4, 0.5) is 5.69 Å². The van der Waals surface area contributed by atoms with Crippen LogP contribution in [0, 0.1) is 6.92 Å². The number of fused-ring (bicyclic) bond motifs is 1. The number of hydrogen-bond donors (Lipinski definition) is 1. The Morgan fingerprint density at radius 2 is 1.75 bits per heavy atom. The van der Waals surface area contributed by atoms with Gasteiger partial charge >= 0.3 is 0 Å². The third kappa shape index (κ3) is 4.42. The molecule has 36 heavy (non-hydrogen) atoms. The van der Waals surface area contributed by atoms with Crippen LogP contribution in [0.15, 0.2) is 72.4 Å². The molecule has 0 saturated carbocycles. The van der Waals surface area contributed by atoms with Crippen molar-refractivity contribution in [3.63, 3.8) is 0 Å². The minimum absolute atomic E-state index is 0.00678. The van der Waals surface area contributed by atoms with E-state index >= 15 is 0 Å². The van der Waals surface area contributed by atoms with Crippen LogP contribution in [0.2, 0.25) is 15.1 Å². The molecule has 1 aliphatic rings. The summed E-state index contributed by atoms with van der Waals surface area (Å²) >= 11 is 24.1. The molecule has 0 unspecified atom stereocenters. The van der Waals surface area contributed by atoms with Crippen molar-refractivity contribution in [2.75, 3.05) is 4.90 Å². The fourth-order valence-corrected chi connectivity index (χ4v) is 5.14. The van der Waals surface area contributed by atoms with Gasteiger partial charge in [0, 0.05) is 44.3 Å². The monoisotopic (exact) mass is 553 g/mol. The summed E-state index contributed by atoms with van der Waals surface area (Å²) in [5.74, 6) is -1.08. The molecule has 0 spiro atoms. The fourth-order valence-electron chi connectivity index (χ4n) is 4.22. The van der Waals surface area contributed by atoms with Crippen LogP contribution in [-0.2, 0) is 16.1 Å². The van der Waals surface area contributed by atoms with E-state index in [1.165, 1.54) is 4.90 Å². The summed E-state index contributed by atoms with van der Waals surface area (Å²) in [4.78, 5) is 27.7. The molecule has 180 valence electrons. The quantitative estimate of drug-likeness (QED) is 0.172. The van der Waals surface area contributed by atoms with Gasteiger partial charge in [-0.05, 0) is 66.7 Å². The lowest BCUT2D eigenvalue weighted by atomic mass is 10.1. The van der Waals surface area contributed by atoms with E-state index in [-0.39, 0.29) is 10.7 Å². The molecule has 0 bridgehead atoms. The molecule has 0 aliphatic carbocycles. The van der Waals surface area contributed by atoms with E-state index < -0.39 is 11.8 Å². The number of para-hydroxylation sites is 1. The van der Waals surface area contributed by atoms with Crippen LogP contribution < -0.4 is 10.2 Å². The highest BCUT2D eigenvalue weighted by molar-refractivity contribution is 7.80. The van der Waals surface area contributed by atoms with E-state index in [1.807, 2.05) is 41.1 Å². The Balaban J connectivity index is 1.59. The second kappa shape index (κ2) is 9.71. The Hall–Kier alpha value is -3.16. The Kier molecular flexibility index (Phi) is 6.62. The van der Waals surface area contributed by atoms with E-state index in [9.17, 15) is 9.59 Å². The highest BCUT2D eigenvalue weighted by Crippen LogP contribution is 2.31. The number of nitrogens with one attached hydrogen (secondary N) is 1. The van der Waals surface area contributed by atoms with Crippen molar-refractivity contribution >= 4 is 86.6 Å². The average molecular weight is 555 g/mol. The molecule has 5 nitrogen and oxygen atoms in total. The van der Waals surface area contributed by atoms with E-state index in [1.54, 1.807) is 43.3 Å². The Labute approximate surface area is 227 Å². The van der Waals surface area contributed by atoms with Gasteiger partial charge in [0.2, 0.25) is 0 Å². The molecular formula is C27H18Cl3N3O2S. The smallest absolute Gasteiger partial charge is 0.270 e. The zero-order valence-electron chi connectivity index (χ0n) is 18.9. The van der Waals surface area contributed by atoms with Crippen LogP contribution in [-0.4, -0.2) is 21.5 Å². The number of rotatable bonds is 4. The summed E-state index contributed by atoms with van der Waals surface area (Å²) < 4.78 is 2.02. The van der Waals surface area contributed by atoms with Gasteiger partial charge in [0.05, 0.1) is 5.69 Å². The highest BCUT2D eigenvalue weighted by Gasteiger charge is 2.35. The standard InChI is InChI=1S/C27H18Cl3N3O2S/c1-15-21(29)6-4-8-23(15)33-26(35)20(25(34)31-27(33)36)11-17-14-32(24-7-3-2-5-19(17)24)13-16-9-10-18(28)12-22(16)30/h2-12,14H,13H2,1H3,(H,31,34,36)/b20-11+. The van der Waals surface area contributed by atoms with Crippen molar-refractivity contribution in [2.24, 2.45) is 0 Å². The van der Waals surface area contributed by atoms with Crippen molar-refractivity contribution in [1.82, 2.24) is 9.88 Å². The van der Waals surface area contributed by atoms with Gasteiger partial charge in [0.15, 0.2) is 5.11 Å². The molecular weight excluding hydrogens is 537 g/mol. The van der Waals surface area contributed by atoms with Crippen molar-refractivity contribution in [3.05, 3.63) is 104 Å². The summed E-state index contributed by atoms with van der Waals surface area (Å²) in [6.45, 7) is 2.28. The minimum atomic E-state index is -0.557. The first-order valence-corrected chi connectivity index (χ1v) is 12.5. The maximum Gasteiger partial charge on any atom is 0.270 e. The predicted octanol–water partition coefficient (Wildman–Crippen LogP) is 6.79. The first kappa shape index (κ1) is 24.5. The SMILES string of the molecule is Cc1c(Cl)cccc1N1C(=O)/C(=C/c2cn(Cc3ccc(Cl)cc3Cl)c3ccccc23)C(=O)NC1=S. The number of thiocarbonyl (C=S) groups is 1. The summed E-state index contributed by atoms with van der Waals surface area (Å²) in [6, 6.07) is 18.3. The molecule has 0 atom stereocenters. The lowest BCUT2D eigenvalue weighted by molar-refractivity contribution is -0.122. The third-order valence-electron chi connectivity index (χ3n) is 6.06. The van der Waals surface area contributed by atoms with Crippen molar-refractivity contribution in [2.45, 2.75) is 13.5 Å². The topological polar surface area (TPSA) is 54.3 Å². The van der Waals surface area contributed by atoms with Gasteiger partial charge in [0.1, 0.15) is 5.57 Å². The summed E-state index contributed by atoms with van der Waals surface area (Å²) in [6.07, 6.45) is 3.49. The number of aromatic nitrogens is 1. The number of benzene rings is 3. The number of halogens is 3. The maximum absolute atomic E-state index is 13.6.